The third kappa shape index (κ3) is 2.44. The van der Waals surface area contributed by atoms with Gasteiger partial charge in [0.2, 0.25) is 0 Å². The fourth-order valence-electron chi connectivity index (χ4n) is 1.43. The van der Waals surface area contributed by atoms with E-state index < -0.39 is 5.97 Å². The van der Waals surface area contributed by atoms with Gasteiger partial charge in [0.15, 0.2) is 0 Å². The number of rotatable bonds is 3. The van der Waals surface area contributed by atoms with Gasteiger partial charge in [0.1, 0.15) is 0 Å². The van der Waals surface area contributed by atoms with Crippen molar-refractivity contribution in [2.75, 3.05) is 0 Å². The van der Waals surface area contributed by atoms with Crippen molar-refractivity contribution in [3.63, 3.8) is 0 Å². The van der Waals surface area contributed by atoms with E-state index >= 15 is 0 Å². The van der Waals surface area contributed by atoms with Crippen molar-refractivity contribution in [3.05, 3.63) is 57.8 Å². The lowest BCUT2D eigenvalue weighted by Gasteiger charge is -2.00. The maximum Gasteiger partial charge on any atom is 0.335 e. The van der Waals surface area contributed by atoms with Gasteiger partial charge in [0, 0.05) is 11.3 Å². The van der Waals surface area contributed by atoms with Gasteiger partial charge in [-0.3, -0.25) is 0 Å². The Balaban J connectivity index is 2.22. The quantitative estimate of drug-likeness (QED) is 0.859. The zero-order chi connectivity index (χ0) is 10.7. The molecule has 0 saturated heterocycles. The van der Waals surface area contributed by atoms with Gasteiger partial charge in [-0.25, -0.2) is 4.79 Å². The van der Waals surface area contributed by atoms with Crippen molar-refractivity contribution in [2.24, 2.45) is 0 Å². The highest BCUT2D eigenvalue weighted by molar-refractivity contribution is 7.09. The summed E-state index contributed by atoms with van der Waals surface area (Å²) in [5.74, 6) is -0.872. The zero-order valence-corrected chi connectivity index (χ0v) is 8.83. The van der Waals surface area contributed by atoms with Crippen LogP contribution < -0.4 is 0 Å². The van der Waals surface area contributed by atoms with Gasteiger partial charge in [0.25, 0.3) is 0 Å². The third-order valence-corrected chi connectivity index (χ3v) is 3.01. The molecule has 2 rings (SSSR count). The normalized spacial score (nSPS) is 10.1. The Labute approximate surface area is 91.8 Å². The molecule has 0 atom stereocenters. The highest BCUT2D eigenvalue weighted by Crippen LogP contribution is 2.15. The number of carboxylic acids is 1. The van der Waals surface area contributed by atoms with Crippen LogP contribution in [0.5, 0.6) is 0 Å². The smallest absolute Gasteiger partial charge is 0.335 e. The largest absolute Gasteiger partial charge is 0.478 e. The van der Waals surface area contributed by atoms with E-state index in [1.54, 1.807) is 29.5 Å². The standard InChI is InChI=1S/C12H10O2S/c13-12(14)10-4-1-3-9(7-10)8-11-5-2-6-15-11/h1-7H,8H2,(H,13,14). The maximum atomic E-state index is 10.8. The molecule has 1 heterocycles. The first-order valence-corrected chi connectivity index (χ1v) is 5.48. The summed E-state index contributed by atoms with van der Waals surface area (Å²) in [6.45, 7) is 0. The molecule has 1 aromatic heterocycles. The lowest BCUT2D eigenvalue weighted by molar-refractivity contribution is 0.0697. The van der Waals surface area contributed by atoms with Crippen LogP contribution in [0.2, 0.25) is 0 Å². The summed E-state index contributed by atoms with van der Waals surface area (Å²) in [5.41, 5.74) is 1.39. The molecule has 0 aliphatic rings. The van der Waals surface area contributed by atoms with E-state index in [4.69, 9.17) is 5.11 Å². The van der Waals surface area contributed by atoms with Crippen LogP contribution >= 0.6 is 11.3 Å². The molecular weight excluding hydrogens is 208 g/mol. The molecule has 0 amide bonds. The van der Waals surface area contributed by atoms with Gasteiger partial charge in [0.05, 0.1) is 5.56 Å². The van der Waals surface area contributed by atoms with E-state index in [0.717, 1.165) is 12.0 Å². The number of carbonyl (C=O) groups is 1. The second kappa shape index (κ2) is 4.28. The molecule has 76 valence electrons. The number of hydrogen-bond acceptors (Lipinski definition) is 2. The minimum atomic E-state index is -0.872. The Kier molecular flexibility index (Phi) is 2.83. The second-order valence-corrected chi connectivity index (χ2v) is 4.29. The predicted octanol–water partition coefficient (Wildman–Crippen LogP) is 3.04. The molecule has 1 aromatic carbocycles. The summed E-state index contributed by atoms with van der Waals surface area (Å²) in [6.07, 6.45) is 0.804. The van der Waals surface area contributed by atoms with Crippen molar-refractivity contribution in [2.45, 2.75) is 6.42 Å². The summed E-state index contributed by atoms with van der Waals surface area (Å²) in [5, 5.41) is 10.9. The molecule has 15 heavy (non-hydrogen) atoms. The zero-order valence-electron chi connectivity index (χ0n) is 8.01. The van der Waals surface area contributed by atoms with E-state index in [9.17, 15) is 4.79 Å². The summed E-state index contributed by atoms with van der Waals surface area (Å²) in [6, 6.07) is 11.1. The van der Waals surface area contributed by atoms with E-state index in [1.807, 2.05) is 17.5 Å². The Morgan fingerprint density at radius 1 is 1.27 bits per heavy atom. The number of hydrogen-bond donors (Lipinski definition) is 1. The van der Waals surface area contributed by atoms with E-state index in [-0.39, 0.29) is 0 Å². The topological polar surface area (TPSA) is 37.3 Å². The molecule has 2 aromatic rings. The van der Waals surface area contributed by atoms with Crippen molar-refractivity contribution >= 4 is 17.3 Å². The van der Waals surface area contributed by atoms with Gasteiger partial charge in [-0.1, -0.05) is 18.2 Å². The van der Waals surface area contributed by atoms with Gasteiger partial charge in [-0.15, -0.1) is 11.3 Å². The van der Waals surface area contributed by atoms with Crippen LogP contribution in [0, 0.1) is 0 Å². The monoisotopic (exact) mass is 218 g/mol. The first-order chi connectivity index (χ1) is 7.25. The van der Waals surface area contributed by atoms with E-state index in [0.29, 0.717) is 5.56 Å². The summed E-state index contributed by atoms with van der Waals surface area (Å²) >= 11 is 1.68. The highest BCUT2D eigenvalue weighted by atomic mass is 32.1. The summed E-state index contributed by atoms with van der Waals surface area (Å²) in [4.78, 5) is 12.0. The predicted molar refractivity (Wildman–Crippen MR) is 60.5 cm³/mol. The van der Waals surface area contributed by atoms with Gasteiger partial charge in [-0.05, 0) is 29.1 Å². The van der Waals surface area contributed by atoms with Gasteiger partial charge in [-0.2, -0.15) is 0 Å². The van der Waals surface area contributed by atoms with E-state index in [1.165, 1.54) is 4.88 Å². The Morgan fingerprint density at radius 2 is 2.13 bits per heavy atom. The SMILES string of the molecule is O=C(O)c1cccc(Cc2cccs2)c1. The average Bonchev–Trinajstić information content (AvgIpc) is 2.71. The summed E-state index contributed by atoms with van der Waals surface area (Å²) < 4.78 is 0. The third-order valence-electron chi connectivity index (χ3n) is 2.13. The van der Waals surface area contributed by atoms with Crippen molar-refractivity contribution in [1.29, 1.82) is 0 Å². The molecule has 1 N–H and O–H groups in total. The summed E-state index contributed by atoms with van der Waals surface area (Å²) in [7, 11) is 0. The lowest BCUT2D eigenvalue weighted by atomic mass is 10.1. The van der Waals surface area contributed by atoms with Crippen LogP contribution in [0.3, 0.4) is 0 Å². The van der Waals surface area contributed by atoms with E-state index in [2.05, 4.69) is 6.07 Å². The molecule has 3 heteroatoms. The first kappa shape index (κ1) is 9.93. The molecule has 0 unspecified atom stereocenters. The van der Waals surface area contributed by atoms with Crippen molar-refractivity contribution in [1.82, 2.24) is 0 Å². The first-order valence-electron chi connectivity index (χ1n) is 4.60. The Hall–Kier alpha value is -1.61. The van der Waals surface area contributed by atoms with Crippen LogP contribution in [0.25, 0.3) is 0 Å². The van der Waals surface area contributed by atoms with Crippen molar-refractivity contribution < 1.29 is 9.90 Å². The number of benzene rings is 1. The molecule has 0 aliphatic carbocycles. The van der Waals surface area contributed by atoms with Gasteiger partial charge >= 0.3 is 5.97 Å². The van der Waals surface area contributed by atoms with Gasteiger partial charge < -0.3 is 5.11 Å². The number of aromatic carboxylic acids is 1. The number of thiophene rings is 1. The second-order valence-electron chi connectivity index (χ2n) is 3.26. The molecule has 0 fully saturated rings. The molecule has 0 spiro atoms. The average molecular weight is 218 g/mol. The van der Waals surface area contributed by atoms with Crippen molar-refractivity contribution in [3.8, 4) is 0 Å². The highest BCUT2D eigenvalue weighted by Gasteiger charge is 2.03. The van der Waals surface area contributed by atoms with Crippen LogP contribution in [0.15, 0.2) is 41.8 Å². The molecule has 0 saturated carbocycles. The molecule has 0 bridgehead atoms. The van der Waals surface area contributed by atoms with Crippen LogP contribution in [-0.4, -0.2) is 11.1 Å². The van der Waals surface area contributed by atoms with Crippen LogP contribution in [0.1, 0.15) is 20.8 Å². The maximum absolute atomic E-state index is 10.8. The molecule has 2 nitrogen and oxygen atoms in total. The molecule has 0 aliphatic heterocycles. The Bertz CT molecular complexity index is 460. The fourth-order valence-corrected chi connectivity index (χ4v) is 2.17. The van der Waals surface area contributed by atoms with Crippen LogP contribution in [0.4, 0.5) is 0 Å². The fraction of sp³-hybridized carbons (Fsp3) is 0.0833. The van der Waals surface area contributed by atoms with Crippen LogP contribution in [-0.2, 0) is 6.42 Å². The Morgan fingerprint density at radius 3 is 2.80 bits per heavy atom. The lowest BCUT2D eigenvalue weighted by Crippen LogP contribution is -1.97. The molecule has 0 radical (unpaired) electrons. The minimum Gasteiger partial charge on any atom is -0.478 e. The molecular formula is C12H10O2S. The minimum absolute atomic E-state index is 0.351. The number of carboxylic acid groups (broad SMARTS) is 1.